The predicted molar refractivity (Wildman–Crippen MR) is 54.0 cm³/mol. The summed E-state index contributed by atoms with van der Waals surface area (Å²) in [5.41, 5.74) is 0. The average molecular weight is 212 g/mol. The first-order valence-corrected chi connectivity index (χ1v) is 4.98. The van der Waals surface area contributed by atoms with Crippen molar-refractivity contribution in [2.75, 3.05) is 7.11 Å². The van der Waals surface area contributed by atoms with Crippen molar-refractivity contribution in [1.29, 1.82) is 0 Å². The van der Waals surface area contributed by atoms with E-state index in [-0.39, 0.29) is 23.8 Å². The molecule has 0 heterocycles. The highest BCUT2D eigenvalue weighted by Gasteiger charge is 2.36. The number of rotatable bonds is 2. The monoisotopic (exact) mass is 212 g/mol. The van der Waals surface area contributed by atoms with E-state index in [9.17, 15) is 9.59 Å². The SMILES string of the molecule is COC(=O)[C@H]1[C@@H](OC(C)=O)C=CC[C@@H]1C. The van der Waals surface area contributed by atoms with E-state index in [1.54, 1.807) is 6.08 Å². The zero-order chi connectivity index (χ0) is 11.4. The van der Waals surface area contributed by atoms with Crippen molar-refractivity contribution in [3.8, 4) is 0 Å². The largest absolute Gasteiger partial charge is 0.469 e. The lowest BCUT2D eigenvalue weighted by molar-refractivity contribution is -0.159. The second-order valence-electron chi connectivity index (χ2n) is 3.76. The molecule has 0 bridgehead atoms. The van der Waals surface area contributed by atoms with Gasteiger partial charge in [-0.3, -0.25) is 9.59 Å². The Morgan fingerprint density at radius 2 is 2.07 bits per heavy atom. The summed E-state index contributed by atoms with van der Waals surface area (Å²) in [5.74, 6) is -0.957. The smallest absolute Gasteiger partial charge is 0.313 e. The number of carbonyl (C=O) groups excluding carboxylic acids is 2. The molecule has 0 N–H and O–H groups in total. The summed E-state index contributed by atoms with van der Waals surface area (Å²) in [6.45, 7) is 3.28. The van der Waals surface area contributed by atoms with Crippen LogP contribution in [-0.2, 0) is 19.1 Å². The summed E-state index contributed by atoms with van der Waals surface area (Å²) in [7, 11) is 1.35. The number of allylic oxidation sites excluding steroid dienone is 1. The molecule has 0 spiro atoms. The maximum absolute atomic E-state index is 11.5. The van der Waals surface area contributed by atoms with Crippen molar-refractivity contribution in [3.05, 3.63) is 12.2 Å². The summed E-state index contributed by atoms with van der Waals surface area (Å²) in [5, 5.41) is 0. The topological polar surface area (TPSA) is 52.6 Å². The normalized spacial score (nSPS) is 29.7. The first-order chi connectivity index (χ1) is 7.06. The van der Waals surface area contributed by atoms with Gasteiger partial charge in [0.05, 0.1) is 7.11 Å². The second-order valence-corrected chi connectivity index (χ2v) is 3.76. The highest BCUT2D eigenvalue weighted by atomic mass is 16.6. The van der Waals surface area contributed by atoms with E-state index in [4.69, 9.17) is 9.47 Å². The van der Waals surface area contributed by atoms with Crippen LogP contribution in [-0.4, -0.2) is 25.2 Å². The molecule has 0 saturated heterocycles. The van der Waals surface area contributed by atoms with E-state index in [0.717, 1.165) is 6.42 Å². The molecule has 0 aromatic carbocycles. The molecule has 0 fully saturated rings. The molecule has 3 atom stereocenters. The number of hydrogen-bond acceptors (Lipinski definition) is 4. The van der Waals surface area contributed by atoms with Gasteiger partial charge in [-0.2, -0.15) is 0 Å². The van der Waals surface area contributed by atoms with E-state index < -0.39 is 6.10 Å². The summed E-state index contributed by atoms with van der Waals surface area (Å²) in [6.07, 6.45) is 4.00. The molecular formula is C11H16O4. The van der Waals surface area contributed by atoms with Crippen LogP contribution in [0.1, 0.15) is 20.3 Å². The highest BCUT2D eigenvalue weighted by molar-refractivity contribution is 5.75. The zero-order valence-electron chi connectivity index (χ0n) is 9.23. The molecule has 0 unspecified atom stereocenters. The molecule has 1 aliphatic carbocycles. The first-order valence-electron chi connectivity index (χ1n) is 4.98. The number of ether oxygens (including phenoxy) is 2. The van der Waals surface area contributed by atoms with Crippen molar-refractivity contribution in [1.82, 2.24) is 0 Å². The third-order valence-corrected chi connectivity index (χ3v) is 2.58. The van der Waals surface area contributed by atoms with Crippen LogP contribution in [0.3, 0.4) is 0 Å². The van der Waals surface area contributed by atoms with Crippen LogP contribution in [0.15, 0.2) is 12.2 Å². The van der Waals surface area contributed by atoms with Gasteiger partial charge in [0.2, 0.25) is 0 Å². The molecule has 4 heteroatoms. The minimum absolute atomic E-state index is 0.131. The fourth-order valence-corrected chi connectivity index (χ4v) is 1.82. The van der Waals surface area contributed by atoms with Crippen molar-refractivity contribution in [2.24, 2.45) is 11.8 Å². The molecule has 4 nitrogen and oxygen atoms in total. The molecule has 0 saturated carbocycles. The van der Waals surface area contributed by atoms with Crippen molar-refractivity contribution in [3.63, 3.8) is 0 Å². The lowest BCUT2D eigenvalue weighted by Gasteiger charge is -2.29. The van der Waals surface area contributed by atoms with Gasteiger partial charge in [0, 0.05) is 6.92 Å². The molecule has 15 heavy (non-hydrogen) atoms. The van der Waals surface area contributed by atoms with Crippen molar-refractivity contribution >= 4 is 11.9 Å². The Kier molecular flexibility index (Phi) is 3.88. The van der Waals surface area contributed by atoms with Crippen LogP contribution < -0.4 is 0 Å². The quantitative estimate of drug-likeness (QED) is 0.511. The minimum atomic E-state index is -0.487. The van der Waals surface area contributed by atoms with Crippen LogP contribution in [0.5, 0.6) is 0 Å². The second kappa shape index (κ2) is 4.96. The maximum atomic E-state index is 11.5. The zero-order valence-corrected chi connectivity index (χ0v) is 9.23. The molecule has 1 aliphatic rings. The third kappa shape index (κ3) is 2.81. The maximum Gasteiger partial charge on any atom is 0.313 e. The van der Waals surface area contributed by atoms with E-state index >= 15 is 0 Å². The van der Waals surface area contributed by atoms with Crippen molar-refractivity contribution < 1.29 is 19.1 Å². The van der Waals surface area contributed by atoms with E-state index in [0.29, 0.717) is 0 Å². The van der Waals surface area contributed by atoms with Crippen LogP contribution in [0.25, 0.3) is 0 Å². The third-order valence-electron chi connectivity index (χ3n) is 2.58. The van der Waals surface area contributed by atoms with Crippen LogP contribution >= 0.6 is 0 Å². The Balaban J connectivity index is 2.80. The molecule has 0 aromatic heterocycles. The summed E-state index contributed by atoms with van der Waals surface area (Å²) in [4.78, 5) is 22.4. The molecule has 0 aromatic rings. The predicted octanol–water partition coefficient (Wildman–Crippen LogP) is 1.30. The van der Waals surface area contributed by atoms with Crippen LogP contribution in [0, 0.1) is 11.8 Å². The van der Waals surface area contributed by atoms with Gasteiger partial charge < -0.3 is 9.47 Å². The minimum Gasteiger partial charge on any atom is -0.469 e. The van der Waals surface area contributed by atoms with Gasteiger partial charge in [0.25, 0.3) is 0 Å². The molecular weight excluding hydrogens is 196 g/mol. The number of hydrogen-bond donors (Lipinski definition) is 0. The molecule has 0 radical (unpaired) electrons. The number of carbonyl (C=O) groups is 2. The lowest BCUT2D eigenvalue weighted by atomic mass is 9.82. The van der Waals surface area contributed by atoms with Gasteiger partial charge >= 0.3 is 11.9 Å². The van der Waals surface area contributed by atoms with Gasteiger partial charge in [-0.25, -0.2) is 0 Å². The van der Waals surface area contributed by atoms with E-state index in [1.165, 1.54) is 14.0 Å². The summed E-state index contributed by atoms with van der Waals surface area (Å²) < 4.78 is 9.78. The van der Waals surface area contributed by atoms with E-state index in [1.807, 2.05) is 13.0 Å². The summed E-state index contributed by atoms with van der Waals surface area (Å²) in [6, 6.07) is 0. The Labute approximate surface area is 89.2 Å². The van der Waals surface area contributed by atoms with Gasteiger partial charge in [0.1, 0.15) is 12.0 Å². The average Bonchev–Trinajstić information content (AvgIpc) is 2.16. The standard InChI is InChI=1S/C11H16O4/c1-7-5-4-6-9(15-8(2)12)10(7)11(13)14-3/h4,6-7,9-10H,5H2,1-3H3/t7-,9-,10+/m0/s1. The van der Waals surface area contributed by atoms with Crippen molar-refractivity contribution in [2.45, 2.75) is 26.4 Å². The van der Waals surface area contributed by atoms with Gasteiger partial charge in [-0.15, -0.1) is 0 Å². The first kappa shape index (κ1) is 11.8. The Morgan fingerprint density at radius 1 is 1.40 bits per heavy atom. The van der Waals surface area contributed by atoms with Crippen LogP contribution in [0.2, 0.25) is 0 Å². The molecule has 84 valence electrons. The molecule has 0 amide bonds. The molecule has 0 aliphatic heterocycles. The van der Waals surface area contributed by atoms with Gasteiger partial charge in [-0.05, 0) is 18.4 Å². The highest BCUT2D eigenvalue weighted by Crippen LogP contribution is 2.28. The van der Waals surface area contributed by atoms with Crippen LogP contribution in [0.4, 0.5) is 0 Å². The number of esters is 2. The van der Waals surface area contributed by atoms with Gasteiger partial charge in [-0.1, -0.05) is 13.0 Å². The Bertz CT molecular complexity index is 282. The fraction of sp³-hybridized carbons (Fsp3) is 0.636. The van der Waals surface area contributed by atoms with E-state index in [2.05, 4.69) is 0 Å². The van der Waals surface area contributed by atoms with Gasteiger partial charge in [0.15, 0.2) is 0 Å². The Morgan fingerprint density at radius 3 is 2.60 bits per heavy atom. The Hall–Kier alpha value is -1.32. The fourth-order valence-electron chi connectivity index (χ4n) is 1.82. The molecule has 1 rings (SSSR count). The summed E-state index contributed by atoms with van der Waals surface area (Å²) >= 11 is 0. The lowest BCUT2D eigenvalue weighted by Crippen LogP contribution is -2.38. The number of methoxy groups -OCH3 is 1.